The summed E-state index contributed by atoms with van der Waals surface area (Å²) in [5.41, 5.74) is -0.0931. The van der Waals surface area contributed by atoms with E-state index in [9.17, 15) is 19.5 Å². The maximum Gasteiger partial charge on any atom is 0.327 e. The molecule has 2 fully saturated rings. The maximum atomic E-state index is 12.7. The number of aliphatic carboxylic acids is 1. The summed E-state index contributed by atoms with van der Waals surface area (Å²) in [6.45, 7) is 0. The molecular formula is C16H18N2O4. The van der Waals surface area contributed by atoms with Gasteiger partial charge in [0.05, 0.1) is 0 Å². The lowest BCUT2D eigenvalue weighted by atomic mass is 9.96. The van der Waals surface area contributed by atoms with Crippen LogP contribution in [0.2, 0.25) is 0 Å². The number of carboxylic acid groups (broad SMARTS) is 1. The highest BCUT2D eigenvalue weighted by atomic mass is 16.4. The lowest BCUT2D eigenvalue weighted by Crippen LogP contribution is -2.49. The Balaban J connectivity index is 1.87. The van der Waals surface area contributed by atoms with Gasteiger partial charge in [-0.25, -0.2) is 14.5 Å². The number of nitrogens with zero attached hydrogens (tertiary/aromatic N) is 1. The van der Waals surface area contributed by atoms with Gasteiger partial charge in [0.15, 0.2) is 0 Å². The number of carbonyl (C=O) groups excluding carboxylic acids is 2. The van der Waals surface area contributed by atoms with Crippen LogP contribution >= 0.6 is 0 Å². The number of imide groups is 1. The van der Waals surface area contributed by atoms with Crippen molar-refractivity contribution in [1.29, 1.82) is 0 Å². The Morgan fingerprint density at radius 3 is 2.45 bits per heavy atom. The van der Waals surface area contributed by atoms with E-state index < -0.39 is 29.5 Å². The molecule has 116 valence electrons. The molecule has 0 aromatic heterocycles. The van der Waals surface area contributed by atoms with Crippen molar-refractivity contribution >= 4 is 17.9 Å². The molecule has 2 N–H and O–H groups in total. The summed E-state index contributed by atoms with van der Waals surface area (Å²) < 4.78 is 0. The van der Waals surface area contributed by atoms with Gasteiger partial charge in [0.1, 0.15) is 11.6 Å². The first-order chi connectivity index (χ1) is 10.5. The SMILES string of the molecule is O=C(O)[C@@H](Cc1ccccc1)N1C(=O)NC2(CCCC2)C1=O. The summed E-state index contributed by atoms with van der Waals surface area (Å²) in [5.74, 6) is -1.55. The van der Waals surface area contributed by atoms with Crippen LogP contribution in [0.25, 0.3) is 0 Å². The monoisotopic (exact) mass is 302 g/mol. The van der Waals surface area contributed by atoms with E-state index in [0.717, 1.165) is 23.3 Å². The Morgan fingerprint density at radius 2 is 1.86 bits per heavy atom. The molecule has 0 unspecified atom stereocenters. The number of hydrogen-bond acceptors (Lipinski definition) is 3. The molecule has 3 amide bonds. The van der Waals surface area contributed by atoms with Crippen LogP contribution in [0.5, 0.6) is 0 Å². The summed E-state index contributed by atoms with van der Waals surface area (Å²) in [6.07, 6.45) is 3.04. The predicted molar refractivity (Wildman–Crippen MR) is 78.1 cm³/mol. The highest BCUT2D eigenvalue weighted by Gasteiger charge is 2.55. The zero-order chi connectivity index (χ0) is 15.7. The molecule has 1 heterocycles. The molecule has 3 rings (SSSR count). The molecule has 1 aliphatic heterocycles. The standard InChI is InChI=1S/C16H18N2O4/c19-13(20)12(10-11-6-2-1-3-7-11)18-14(21)16(17-15(18)22)8-4-5-9-16/h1-3,6-7,12H,4-5,8-10H2,(H,17,22)(H,19,20)/t12-/m1/s1. The summed E-state index contributed by atoms with van der Waals surface area (Å²) >= 11 is 0. The molecule has 0 radical (unpaired) electrons. The number of benzene rings is 1. The summed E-state index contributed by atoms with van der Waals surface area (Å²) in [4.78, 5) is 37.4. The summed E-state index contributed by atoms with van der Waals surface area (Å²) in [5, 5.41) is 12.2. The van der Waals surface area contributed by atoms with Crippen LogP contribution in [-0.4, -0.2) is 39.5 Å². The fraction of sp³-hybridized carbons (Fsp3) is 0.438. The quantitative estimate of drug-likeness (QED) is 0.826. The fourth-order valence-electron chi connectivity index (χ4n) is 3.37. The third kappa shape index (κ3) is 2.34. The lowest BCUT2D eigenvalue weighted by Gasteiger charge is -2.24. The largest absolute Gasteiger partial charge is 0.480 e. The van der Waals surface area contributed by atoms with Crippen LogP contribution in [0.15, 0.2) is 30.3 Å². The van der Waals surface area contributed by atoms with E-state index in [2.05, 4.69) is 5.32 Å². The average Bonchev–Trinajstić information content (AvgIpc) is 3.05. The van der Waals surface area contributed by atoms with Crippen LogP contribution in [0, 0.1) is 0 Å². The Hall–Kier alpha value is -2.37. The van der Waals surface area contributed by atoms with Gasteiger partial charge in [0.25, 0.3) is 5.91 Å². The van der Waals surface area contributed by atoms with E-state index in [0.29, 0.717) is 12.8 Å². The normalized spacial score (nSPS) is 21.2. The van der Waals surface area contributed by atoms with Crippen molar-refractivity contribution in [3.8, 4) is 0 Å². The minimum absolute atomic E-state index is 0.116. The highest BCUT2D eigenvalue weighted by Crippen LogP contribution is 2.36. The number of amides is 3. The van der Waals surface area contributed by atoms with Gasteiger partial charge in [0, 0.05) is 6.42 Å². The first-order valence-electron chi connectivity index (χ1n) is 7.46. The smallest absolute Gasteiger partial charge is 0.327 e. The van der Waals surface area contributed by atoms with Crippen LogP contribution in [0.3, 0.4) is 0 Å². The molecule has 1 atom stereocenters. The van der Waals surface area contributed by atoms with Gasteiger partial charge in [-0.05, 0) is 18.4 Å². The van der Waals surface area contributed by atoms with Gasteiger partial charge in [-0.15, -0.1) is 0 Å². The van der Waals surface area contributed by atoms with E-state index in [1.807, 2.05) is 6.07 Å². The number of rotatable bonds is 4. The number of urea groups is 1. The second-order valence-electron chi connectivity index (χ2n) is 5.94. The summed E-state index contributed by atoms with van der Waals surface area (Å²) in [6, 6.07) is 7.27. The third-order valence-electron chi connectivity index (χ3n) is 4.52. The van der Waals surface area contributed by atoms with E-state index in [4.69, 9.17) is 0 Å². The van der Waals surface area contributed by atoms with Gasteiger partial charge in [-0.3, -0.25) is 4.79 Å². The predicted octanol–water partition coefficient (Wildman–Crippen LogP) is 1.55. The van der Waals surface area contributed by atoms with Gasteiger partial charge in [-0.1, -0.05) is 43.2 Å². The minimum Gasteiger partial charge on any atom is -0.480 e. The Bertz CT molecular complexity index is 608. The summed E-state index contributed by atoms with van der Waals surface area (Å²) in [7, 11) is 0. The van der Waals surface area contributed by atoms with Crippen molar-refractivity contribution in [3.05, 3.63) is 35.9 Å². The van der Waals surface area contributed by atoms with Crippen LogP contribution in [0.1, 0.15) is 31.2 Å². The van der Waals surface area contributed by atoms with Crippen molar-refractivity contribution in [1.82, 2.24) is 10.2 Å². The van der Waals surface area contributed by atoms with Gasteiger partial charge in [0.2, 0.25) is 0 Å². The first kappa shape index (κ1) is 14.6. The zero-order valence-electron chi connectivity index (χ0n) is 12.1. The molecule has 6 nitrogen and oxygen atoms in total. The molecular weight excluding hydrogens is 284 g/mol. The molecule has 6 heteroatoms. The fourth-order valence-corrected chi connectivity index (χ4v) is 3.37. The molecule has 1 aromatic rings. The average molecular weight is 302 g/mol. The molecule has 1 aliphatic carbocycles. The molecule has 1 saturated carbocycles. The lowest BCUT2D eigenvalue weighted by molar-refractivity contribution is -0.147. The van der Waals surface area contributed by atoms with Crippen molar-refractivity contribution < 1.29 is 19.5 Å². The van der Waals surface area contributed by atoms with Gasteiger partial charge < -0.3 is 10.4 Å². The zero-order valence-corrected chi connectivity index (χ0v) is 12.1. The number of hydrogen-bond donors (Lipinski definition) is 2. The van der Waals surface area contributed by atoms with Crippen molar-refractivity contribution in [3.63, 3.8) is 0 Å². The maximum absolute atomic E-state index is 12.7. The Kier molecular flexibility index (Phi) is 3.60. The van der Waals surface area contributed by atoms with Gasteiger partial charge in [-0.2, -0.15) is 0 Å². The second kappa shape index (κ2) is 5.44. The van der Waals surface area contributed by atoms with E-state index in [1.165, 1.54) is 0 Å². The minimum atomic E-state index is -1.17. The molecule has 0 bridgehead atoms. The highest BCUT2D eigenvalue weighted by molar-refractivity contribution is 6.09. The number of nitrogens with one attached hydrogen (secondary N) is 1. The second-order valence-corrected chi connectivity index (χ2v) is 5.94. The first-order valence-corrected chi connectivity index (χ1v) is 7.46. The molecule has 2 aliphatic rings. The van der Waals surface area contributed by atoms with Crippen molar-refractivity contribution in [2.45, 2.75) is 43.7 Å². The van der Waals surface area contributed by atoms with Crippen LogP contribution in [-0.2, 0) is 16.0 Å². The van der Waals surface area contributed by atoms with Crippen LogP contribution < -0.4 is 5.32 Å². The number of carbonyl (C=O) groups is 3. The van der Waals surface area contributed by atoms with Crippen molar-refractivity contribution in [2.75, 3.05) is 0 Å². The third-order valence-corrected chi connectivity index (χ3v) is 4.52. The topological polar surface area (TPSA) is 86.7 Å². The molecule has 1 spiro atoms. The Labute approximate surface area is 128 Å². The van der Waals surface area contributed by atoms with Crippen molar-refractivity contribution in [2.24, 2.45) is 0 Å². The van der Waals surface area contributed by atoms with Gasteiger partial charge >= 0.3 is 12.0 Å². The van der Waals surface area contributed by atoms with Crippen LogP contribution in [0.4, 0.5) is 4.79 Å². The van der Waals surface area contributed by atoms with E-state index >= 15 is 0 Å². The van der Waals surface area contributed by atoms with E-state index in [-0.39, 0.29) is 6.42 Å². The number of carboxylic acids is 1. The molecule has 1 saturated heterocycles. The van der Waals surface area contributed by atoms with E-state index in [1.54, 1.807) is 24.3 Å². The molecule has 1 aromatic carbocycles. The molecule has 22 heavy (non-hydrogen) atoms. The Morgan fingerprint density at radius 1 is 1.23 bits per heavy atom.